The van der Waals surface area contributed by atoms with Crippen LogP contribution in [0.3, 0.4) is 0 Å². The standard InChI is InChI=1S/C13H23NO5/c1-13(2,3)19-12(18)14-7-5-4-6-9(14)10(15)8-11(16)17/h9-10,15H,4-8H2,1-3H3,(H,16,17)/t9?,10-/m0/s1. The van der Waals surface area contributed by atoms with E-state index in [1.54, 1.807) is 20.8 Å². The van der Waals surface area contributed by atoms with Gasteiger partial charge in [0.2, 0.25) is 0 Å². The third-order valence-electron chi connectivity index (χ3n) is 3.01. The molecule has 0 aliphatic carbocycles. The number of piperidine rings is 1. The minimum atomic E-state index is -1.07. The molecule has 1 fully saturated rings. The molecule has 1 aliphatic heterocycles. The van der Waals surface area contributed by atoms with E-state index in [1.807, 2.05) is 0 Å². The normalized spacial score (nSPS) is 21.9. The van der Waals surface area contributed by atoms with Crippen LogP contribution in [0.2, 0.25) is 0 Å². The molecule has 1 amide bonds. The maximum absolute atomic E-state index is 12.1. The Morgan fingerprint density at radius 3 is 2.53 bits per heavy atom. The van der Waals surface area contributed by atoms with Crippen molar-refractivity contribution in [2.24, 2.45) is 0 Å². The van der Waals surface area contributed by atoms with Gasteiger partial charge in [-0.15, -0.1) is 0 Å². The first-order valence-corrected chi connectivity index (χ1v) is 6.60. The predicted octanol–water partition coefficient (Wildman–Crippen LogP) is 1.61. The minimum absolute atomic E-state index is 0.357. The van der Waals surface area contributed by atoms with E-state index in [-0.39, 0.29) is 6.42 Å². The highest BCUT2D eigenvalue weighted by Crippen LogP contribution is 2.23. The van der Waals surface area contributed by atoms with Gasteiger partial charge in [-0.1, -0.05) is 0 Å². The van der Waals surface area contributed by atoms with Gasteiger partial charge in [0.15, 0.2) is 0 Å². The van der Waals surface area contributed by atoms with Gasteiger partial charge in [-0.25, -0.2) is 4.79 Å². The Morgan fingerprint density at radius 2 is 2.00 bits per heavy atom. The van der Waals surface area contributed by atoms with E-state index in [4.69, 9.17) is 9.84 Å². The van der Waals surface area contributed by atoms with Gasteiger partial charge in [0.25, 0.3) is 0 Å². The van der Waals surface area contributed by atoms with E-state index in [0.29, 0.717) is 13.0 Å². The van der Waals surface area contributed by atoms with Crippen LogP contribution in [0.5, 0.6) is 0 Å². The number of hydrogen-bond donors (Lipinski definition) is 2. The lowest BCUT2D eigenvalue weighted by molar-refractivity contribution is -0.140. The van der Waals surface area contributed by atoms with Crippen LogP contribution in [-0.4, -0.2) is 51.5 Å². The van der Waals surface area contributed by atoms with Gasteiger partial charge in [-0.05, 0) is 40.0 Å². The summed E-state index contributed by atoms with van der Waals surface area (Å²) in [5.74, 6) is -1.07. The fraction of sp³-hybridized carbons (Fsp3) is 0.846. The summed E-state index contributed by atoms with van der Waals surface area (Å²) in [4.78, 5) is 24.2. The van der Waals surface area contributed by atoms with E-state index in [9.17, 15) is 14.7 Å². The van der Waals surface area contributed by atoms with Crippen molar-refractivity contribution in [1.82, 2.24) is 4.90 Å². The highest BCUT2D eigenvalue weighted by atomic mass is 16.6. The van der Waals surface area contributed by atoms with Gasteiger partial charge in [-0.2, -0.15) is 0 Å². The zero-order valence-corrected chi connectivity index (χ0v) is 11.8. The number of rotatable bonds is 3. The summed E-state index contributed by atoms with van der Waals surface area (Å²) in [5, 5.41) is 18.7. The largest absolute Gasteiger partial charge is 0.481 e. The zero-order valence-electron chi connectivity index (χ0n) is 11.8. The number of carbonyl (C=O) groups is 2. The average molecular weight is 273 g/mol. The summed E-state index contributed by atoms with van der Waals surface area (Å²) in [6.07, 6.45) is 0.431. The molecule has 6 nitrogen and oxygen atoms in total. The molecule has 2 atom stereocenters. The molecule has 1 aliphatic rings. The van der Waals surface area contributed by atoms with Gasteiger partial charge < -0.3 is 19.8 Å². The number of hydrogen-bond acceptors (Lipinski definition) is 4. The molecule has 110 valence electrons. The number of aliphatic hydroxyl groups excluding tert-OH is 1. The van der Waals surface area contributed by atoms with Crippen LogP contribution in [0.15, 0.2) is 0 Å². The highest BCUT2D eigenvalue weighted by Gasteiger charge is 2.35. The topological polar surface area (TPSA) is 87.1 Å². The van der Waals surface area contributed by atoms with Gasteiger partial charge in [-0.3, -0.25) is 4.79 Å². The van der Waals surface area contributed by atoms with E-state index in [1.165, 1.54) is 4.90 Å². The predicted molar refractivity (Wildman–Crippen MR) is 68.8 cm³/mol. The van der Waals surface area contributed by atoms with Gasteiger partial charge in [0, 0.05) is 6.54 Å². The van der Waals surface area contributed by atoms with Crippen molar-refractivity contribution in [3.05, 3.63) is 0 Å². The third-order valence-corrected chi connectivity index (χ3v) is 3.01. The van der Waals surface area contributed by atoms with Crippen molar-refractivity contribution >= 4 is 12.1 Å². The van der Waals surface area contributed by atoms with Gasteiger partial charge >= 0.3 is 12.1 Å². The van der Waals surface area contributed by atoms with Crippen molar-refractivity contribution < 1.29 is 24.5 Å². The second-order valence-corrected chi connectivity index (χ2v) is 5.90. The quantitative estimate of drug-likeness (QED) is 0.815. The fourth-order valence-electron chi connectivity index (χ4n) is 2.22. The smallest absolute Gasteiger partial charge is 0.410 e. The number of amides is 1. The first-order chi connectivity index (χ1) is 8.70. The number of carboxylic acid groups (broad SMARTS) is 1. The maximum Gasteiger partial charge on any atom is 0.410 e. The molecule has 0 spiro atoms. The van der Waals surface area contributed by atoms with Crippen LogP contribution < -0.4 is 0 Å². The van der Waals surface area contributed by atoms with Crippen LogP contribution in [0.1, 0.15) is 46.5 Å². The first-order valence-electron chi connectivity index (χ1n) is 6.60. The molecule has 1 rings (SSSR count). The lowest BCUT2D eigenvalue weighted by Crippen LogP contribution is -2.51. The second-order valence-electron chi connectivity index (χ2n) is 5.90. The van der Waals surface area contributed by atoms with Crippen molar-refractivity contribution in [2.75, 3.05) is 6.54 Å². The number of ether oxygens (including phenoxy) is 1. The molecule has 1 unspecified atom stereocenters. The molecule has 0 aromatic heterocycles. The molecule has 2 N–H and O–H groups in total. The Kier molecular flexibility index (Phi) is 5.17. The van der Waals surface area contributed by atoms with Crippen molar-refractivity contribution in [3.8, 4) is 0 Å². The Labute approximate surface area is 113 Å². The SMILES string of the molecule is CC(C)(C)OC(=O)N1CCCCC1[C@@H](O)CC(=O)O. The molecule has 0 radical (unpaired) electrons. The average Bonchev–Trinajstić information content (AvgIpc) is 2.25. The Morgan fingerprint density at radius 1 is 1.37 bits per heavy atom. The molecule has 0 aromatic carbocycles. The molecular weight excluding hydrogens is 250 g/mol. The summed E-state index contributed by atoms with van der Waals surface area (Å²) in [6, 6.07) is -0.473. The van der Waals surface area contributed by atoms with Crippen molar-refractivity contribution in [2.45, 2.75) is 64.2 Å². The monoisotopic (exact) mass is 273 g/mol. The summed E-state index contributed by atoms with van der Waals surface area (Å²) >= 11 is 0. The molecular formula is C13H23NO5. The molecule has 6 heteroatoms. The number of likely N-dealkylation sites (tertiary alicyclic amines) is 1. The summed E-state index contributed by atoms with van der Waals surface area (Å²) in [7, 11) is 0. The highest BCUT2D eigenvalue weighted by molar-refractivity contribution is 5.70. The Balaban J connectivity index is 2.71. The molecule has 0 aromatic rings. The molecule has 0 bridgehead atoms. The number of carboxylic acids is 1. The molecule has 19 heavy (non-hydrogen) atoms. The van der Waals surface area contributed by atoms with Gasteiger partial charge in [0.1, 0.15) is 5.60 Å². The van der Waals surface area contributed by atoms with Crippen LogP contribution in [0, 0.1) is 0 Å². The van der Waals surface area contributed by atoms with E-state index in [2.05, 4.69) is 0 Å². The van der Waals surface area contributed by atoms with E-state index in [0.717, 1.165) is 12.8 Å². The lowest BCUT2D eigenvalue weighted by Gasteiger charge is -2.38. The maximum atomic E-state index is 12.1. The minimum Gasteiger partial charge on any atom is -0.481 e. The van der Waals surface area contributed by atoms with Crippen molar-refractivity contribution in [1.29, 1.82) is 0 Å². The number of carbonyl (C=O) groups excluding carboxylic acids is 1. The third kappa shape index (κ3) is 5.06. The molecule has 1 heterocycles. The fourth-order valence-corrected chi connectivity index (χ4v) is 2.22. The number of aliphatic carboxylic acids is 1. The Bertz CT molecular complexity index is 336. The summed E-state index contributed by atoms with van der Waals surface area (Å²) < 4.78 is 5.29. The van der Waals surface area contributed by atoms with E-state index >= 15 is 0 Å². The molecule has 0 saturated carbocycles. The van der Waals surface area contributed by atoms with Crippen LogP contribution in [-0.2, 0) is 9.53 Å². The Hall–Kier alpha value is -1.30. The van der Waals surface area contributed by atoms with Gasteiger partial charge in [0.05, 0.1) is 18.6 Å². The van der Waals surface area contributed by atoms with Crippen molar-refractivity contribution in [3.63, 3.8) is 0 Å². The lowest BCUT2D eigenvalue weighted by atomic mass is 9.96. The number of aliphatic hydroxyl groups is 1. The van der Waals surface area contributed by atoms with Crippen LogP contribution >= 0.6 is 0 Å². The summed E-state index contributed by atoms with van der Waals surface area (Å²) in [5.41, 5.74) is -0.600. The second kappa shape index (κ2) is 6.23. The number of nitrogens with zero attached hydrogens (tertiary/aromatic N) is 1. The summed E-state index contributed by atoms with van der Waals surface area (Å²) in [6.45, 7) is 5.82. The zero-order chi connectivity index (χ0) is 14.6. The first kappa shape index (κ1) is 15.8. The molecule has 1 saturated heterocycles. The van der Waals surface area contributed by atoms with Crippen LogP contribution in [0.4, 0.5) is 4.79 Å². The van der Waals surface area contributed by atoms with Crippen LogP contribution in [0.25, 0.3) is 0 Å². The van der Waals surface area contributed by atoms with E-state index < -0.39 is 29.8 Å².